The van der Waals surface area contributed by atoms with E-state index in [9.17, 15) is 43.5 Å². The molecule has 0 saturated carbocycles. The van der Waals surface area contributed by atoms with Crippen molar-refractivity contribution in [2.75, 3.05) is 63.9 Å². The first-order valence-electron chi connectivity index (χ1n) is 22.0. The van der Waals surface area contributed by atoms with E-state index in [1.807, 2.05) is 11.8 Å². The number of phosphoric ester groups is 2. The molecule has 9 atom stereocenters. The van der Waals surface area contributed by atoms with E-state index < -0.39 is 52.8 Å². The molecule has 0 aliphatic carbocycles. The van der Waals surface area contributed by atoms with Crippen LogP contribution < -0.4 is 21.7 Å². The molecule has 3 amide bonds. The molecule has 3 aliphatic heterocycles. The number of thioether (sulfide) groups is 1. The monoisotopic (exact) mass is 968 g/mol. The minimum atomic E-state index is -5.40. The molecular weight excluding hydrogens is 898 g/mol. The lowest BCUT2D eigenvalue weighted by molar-refractivity contribution is -0.135. The number of fused-ring (bicyclic) bond motifs is 2. The van der Waals surface area contributed by atoms with Crippen LogP contribution in [0.4, 0.5) is 10.6 Å². The number of aromatic nitrogens is 4. The zero-order valence-electron chi connectivity index (χ0n) is 37.7. The molecule has 2 aromatic heterocycles. The molecule has 0 spiro atoms. The second kappa shape index (κ2) is 27.6. The Morgan fingerprint density at radius 1 is 0.906 bits per heavy atom. The molecule has 3 saturated heterocycles. The number of hydrogen-bond acceptors (Lipinski definition) is 18. The van der Waals surface area contributed by atoms with Crippen LogP contribution in [0, 0.1) is 0 Å². The number of rotatable bonds is 24. The predicted molar refractivity (Wildman–Crippen MR) is 241 cm³/mol. The van der Waals surface area contributed by atoms with Crippen LogP contribution in [-0.2, 0) is 36.8 Å². The molecule has 23 nitrogen and oxygen atoms in total. The van der Waals surface area contributed by atoms with Gasteiger partial charge in [0.25, 0.3) is 0 Å². The average molecular weight is 969 g/mol. The summed E-state index contributed by atoms with van der Waals surface area (Å²) in [5, 5.41) is 29.9. The maximum atomic E-state index is 12.3. The number of amides is 3. The fraction of sp³-hybridized carbons (Fsp3) is 0.789. The Kier molecular flexibility index (Phi) is 23.9. The van der Waals surface area contributed by atoms with Crippen molar-refractivity contribution < 1.29 is 61.6 Å². The number of carbonyl (C=O) groups excluding carboxylic acids is 3. The molecule has 0 radical (unpaired) electrons. The molecule has 0 aromatic carbocycles. The van der Waals surface area contributed by atoms with Gasteiger partial charge in [0, 0.05) is 30.4 Å². The summed E-state index contributed by atoms with van der Waals surface area (Å²) in [6.45, 7) is 19.7. The van der Waals surface area contributed by atoms with Gasteiger partial charge in [-0.15, -0.1) is 0 Å². The van der Waals surface area contributed by atoms with Gasteiger partial charge in [-0.1, -0.05) is 54.4 Å². The van der Waals surface area contributed by atoms with Crippen molar-refractivity contribution in [3.63, 3.8) is 0 Å². The van der Waals surface area contributed by atoms with Gasteiger partial charge in [-0.3, -0.25) is 23.6 Å². The summed E-state index contributed by atoms with van der Waals surface area (Å²) in [4.78, 5) is 72.1. The Labute approximate surface area is 379 Å². The maximum Gasteiger partial charge on any atom is 0.538 e. The zero-order chi connectivity index (χ0) is 47.5. The maximum absolute atomic E-state index is 12.3. The second-order valence-electron chi connectivity index (χ2n) is 15.2. The van der Waals surface area contributed by atoms with Crippen LogP contribution in [0.5, 0.6) is 0 Å². The van der Waals surface area contributed by atoms with Gasteiger partial charge in [0.15, 0.2) is 17.7 Å². The number of nitrogen functional groups attached to an aromatic ring is 1. The zero-order valence-corrected chi connectivity index (χ0v) is 40.3. The molecule has 5 heterocycles. The summed E-state index contributed by atoms with van der Waals surface area (Å²) in [7, 11) is -10.8. The number of ether oxygens (including phenoxy) is 1. The van der Waals surface area contributed by atoms with Crippen LogP contribution in [0.25, 0.3) is 11.2 Å². The van der Waals surface area contributed by atoms with E-state index in [-0.39, 0.29) is 53.8 Å². The van der Waals surface area contributed by atoms with Crippen LogP contribution in [0.15, 0.2) is 12.7 Å². The number of carbonyl (C=O) groups is 3. The Hall–Kier alpha value is -2.99. The van der Waals surface area contributed by atoms with Gasteiger partial charge in [0.2, 0.25) is 5.91 Å². The highest BCUT2D eigenvalue weighted by Gasteiger charge is 2.47. The van der Waals surface area contributed by atoms with Crippen LogP contribution in [0.1, 0.15) is 99.1 Å². The molecule has 5 rings (SSSR count). The standard InChI is InChI=1S/C26H40N8O13P2S.2C6H15N/c27-23-20-24(30-12-29-23)34(13-31-20)25-22(38)21(37)15(45-25)10-44-48(40,41)47-49(42,43)46-18(36)8-2-1-5-9-28-17(35)7-4-3-6-16-19-14(11-50-16)32-26(39)33-19;2*1-4-7(5-2)6-3/h12-16,19,21-22,25,37-38H,1-11H2,(H,28,35)(H,40,41)(H,42,43)(H2,27,29,30)(H2,32,33,39);2*4-6H2,1-3H3/t14?,15?,16-,19?,21?,22?,25?;;/m0../s1. The lowest BCUT2D eigenvalue weighted by atomic mass is 10.0. The van der Waals surface area contributed by atoms with Crippen LogP contribution >= 0.6 is 27.4 Å². The van der Waals surface area contributed by atoms with E-state index in [4.69, 9.17) is 10.5 Å². The molecule has 3 aliphatic rings. The van der Waals surface area contributed by atoms with Crippen LogP contribution in [-0.4, -0.2) is 161 Å². The number of anilines is 1. The summed E-state index contributed by atoms with van der Waals surface area (Å²) in [6.07, 6.45) is 0.311. The summed E-state index contributed by atoms with van der Waals surface area (Å²) < 4.78 is 44.6. The van der Waals surface area contributed by atoms with Gasteiger partial charge in [-0.2, -0.15) is 16.1 Å². The summed E-state index contributed by atoms with van der Waals surface area (Å²) in [5.74, 6) is -0.316. The first-order valence-corrected chi connectivity index (χ1v) is 26.0. The topological polar surface area (TPSA) is 315 Å². The lowest BCUT2D eigenvalue weighted by Gasteiger charge is -2.19. The van der Waals surface area contributed by atoms with E-state index in [1.54, 1.807) is 0 Å². The first kappa shape index (κ1) is 55.3. The first-order chi connectivity index (χ1) is 30.4. The summed E-state index contributed by atoms with van der Waals surface area (Å²) >= 11 is 1.83. The normalized spacial score (nSPS) is 24.4. The van der Waals surface area contributed by atoms with Gasteiger partial charge < -0.3 is 55.9 Å². The van der Waals surface area contributed by atoms with E-state index >= 15 is 0 Å². The van der Waals surface area contributed by atoms with Gasteiger partial charge in [-0.05, 0) is 65.0 Å². The van der Waals surface area contributed by atoms with Gasteiger partial charge >= 0.3 is 27.6 Å². The van der Waals surface area contributed by atoms with Crippen molar-refractivity contribution in [3.8, 4) is 0 Å². The average Bonchev–Trinajstić information content (AvgIpc) is 4.02. The second-order valence-corrected chi connectivity index (χ2v) is 19.4. The van der Waals surface area contributed by atoms with E-state index in [1.165, 1.54) is 50.2 Å². The Bertz CT molecular complexity index is 1820. The van der Waals surface area contributed by atoms with Gasteiger partial charge in [0.1, 0.15) is 30.2 Å². The largest absolute Gasteiger partial charge is 0.538 e. The van der Waals surface area contributed by atoms with E-state index in [0.29, 0.717) is 31.1 Å². The molecule has 0 bridgehead atoms. The molecule has 64 heavy (non-hydrogen) atoms. The van der Waals surface area contributed by atoms with E-state index in [2.05, 4.69) is 95.6 Å². The Morgan fingerprint density at radius 3 is 2.17 bits per heavy atom. The highest BCUT2D eigenvalue weighted by molar-refractivity contribution is 8.00. The van der Waals surface area contributed by atoms with Crippen molar-refractivity contribution >= 4 is 62.3 Å². The lowest BCUT2D eigenvalue weighted by Crippen LogP contribution is -2.36. The van der Waals surface area contributed by atoms with Gasteiger partial charge in [-0.25, -0.2) is 28.9 Å². The third kappa shape index (κ3) is 17.7. The molecular formula is C38H70N10O13P2S. The molecule has 2 aromatic rings. The highest BCUT2D eigenvalue weighted by Crippen LogP contribution is 2.60. The third-order valence-corrected chi connectivity index (χ3v) is 15.0. The third-order valence-electron chi connectivity index (χ3n) is 11.0. The van der Waals surface area contributed by atoms with Gasteiger partial charge in [0.05, 0.1) is 25.0 Å². The quantitative estimate of drug-likeness (QED) is 0.0426. The minimum absolute atomic E-state index is 0.0611. The number of nitrogens with one attached hydrogen (secondary N) is 3. The fourth-order valence-electron chi connectivity index (χ4n) is 7.17. The van der Waals surface area contributed by atoms with Crippen molar-refractivity contribution in [2.24, 2.45) is 0 Å². The van der Waals surface area contributed by atoms with Crippen molar-refractivity contribution in [3.05, 3.63) is 12.7 Å². The van der Waals surface area contributed by atoms with Crippen LogP contribution in [0.2, 0.25) is 0 Å². The van der Waals surface area contributed by atoms with E-state index in [0.717, 1.165) is 31.3 Å². The smallest absolute Gasteiger partial charge is 0.387 e. The predicted octanol–water partition coefficient (Wildman–Crippen LogP) is 2.90. The Morgan fingerprint density at radius 2 is 1.55 bits per heavy atom. The number of nitrogens with two attached hydrogens (primary N) is 1. The number of aliphatic hydroxyl groups excluding tert-OH is 2. The highest BCUT2D eigenvalue weighted by atomic mass is 32.2. The molecule has 366 valence electrons. The van der Waals surface area contributed by atoms with Crippen molar-refractivity contribution in [1.29, 1.82) is 0 Å². The Balaban J connectivity index is 0.000000671. The fourth-order valence-corrected chi connectivity index (χ4v) is 10.8. The number of imidazole rings is 1. The molecule has 26 heteroatoms. The number of unbranched alkanes of at least 4 members (excludes halogenated alkanes) is 3. The number of hydrogen-bond donors (Lipinski definition) is 8. The summed E-state index contributed by atoms with van der Waals surface area (Å²) in [5.41, 5.74) is 6.14. The summed E-state index contributed by atoms with van der Waals surface area (Å²) in [6, 6.07) is 0.184. The van der Waals surface area contributed by atoms with Crippen molar-refractivity contribution in [1.82, 2.24) is 45.3 Å². The number of urea groups is 1. The number of nitrogens with zero attached hydrogens (tertiary/aromatic N) is 6. The van der Waals surface area contributed by atoms with Crippen LogP contribution in [0.3, 0.4) is 0 Å². The SMILES string of the molecule is CCN(CC)CC.CCN(CC)CC.Nc1ncnc2c1ncn2C1OC(COP(=O)(O)OP(=O)(O)OC(=O)CCCCCNC(=O)CCCC[C@@H]2SCC3NC(=O)NC32)C(O)C1O. The molecule has 3 fully saturated rings. The minimum Gasteiger partial charge on any atom is -0.387 e. The number of aliphatic hydroxyl groups is 2. The van der Waals surface area contributed by atoms with Crippen molar-refractivity contribution in [2.45, 2.75) is 135 Å². The number of phosphoric acid groups is 2. The molecule has 8 unspecified atom stereocenters. The molecule has 9 N–H and O–H groups in total.